The van der Waals surface area contributed by atoms with Gasteiger partial charge in [0.05, 0.1) is 19.8 Å². The molecule has 2 atom stereocenters. The Bertz CT molecular complexity index is 917. The van der Waals surface area contributed by atoms with E-state index >= 15 is 0 Å². The minimum atomic E-state index is -0.345. The van der Waals surface area contributed by atoms with Crippen LogP contribution in [0.1, 0.15) is 49.8 Å². The van der Waals surface area contributed by atoms with Gasteiger partial charge in [0, 0.05) is 37.0 Å². The molecule has 2 aliphatic carbocycles. The predicted molar refractivity (Wildman–Crippen MR) is 115 cm³/mol. The Hall–Kier alpha value is -2.54. The lowest BCUT2D eigenvalue weighted by Gasteiger charge is -2.28. The zero-order valence-electron chi connectivity index (χ0n) is 17.8. The van der Waals surface area contributed by atoms with E-state index in [1.54, 1.807) is 19.4 Å². The molecular formula is C23H30N4O3. The van der Waals surface area contributed by atoms with Crippen LogP contribution in [0.5, 0.6) is 5.75 Å². The summed E-state index contributed by atoms with van der Waals surface area (Å²) in [6, 6.07) is 3.62. The van der Waals surface area contributed by atoms with Gasteiger partial charge in [-0.3, -0.25) is 9.78 Å². The van der Waals surface area contributed by atoms with Crippen molar-refractivity contribution >= 4 is 11.6 Å². The van der Waals surface area contributed by atoms with Crippen LogP contribution >= 0.6 is 0 Å². The number of aliphatic hydroxyl groups is 1. The first-order valence-corrected chi connectivity index (χ1v) is 10.9. The number of methoxy groups -OCH3 is 1. The van der Waals surface area contributed by atoms with Crippen molar-refractivity contribution in [2.24, 2.45) is 5.92 Å². The number of pyridine rings is 1. The fourth-order valence-electron chi connectivity index (χ4n) is 4.63. The number of hydrogen-bond acceptors (Lipinski definition) is 7. The second kappa shape index (κ2) is 9.08. The van der Waals surface area contributed by atoms with Gasteiger partial charge in [-0.25, -0.2) is 9.97 Å². The number of fused-ring (bicyclic) bond motifs is 1. The number of likely N-dealkylation sites (N-methyl/N-ethyl adjacent to an activating group) is 1. The van der Waals surface area contributed by atoms with Crippen molar-refractivity contribution in [1.29, 1.82) is 0 Å². The van der Waals surface area contributed by atoms with E-state index in [-0.39, 0.29) is 24.3 Å². The van der Waals surface area contributed by atoms with E-state index in [0.29, 0.717) is 23.7 Å². The Morgan fingerprint density at radius 2 is 2.07 bits per heavy atom. The van der Waals surface area contributed by atoms with Gasteiger partial charge in [-0.2, -0.15) is 0 Å². The maximum Gasteiger partial charge on any atom is 0.180 e. The average molecular weight is 411 g/mol. The van der Waals surface area contributed by atoms with Crippen LogP contribution in [-0.4, -0.2) is 52.6 Å². The molecular weight excluding hydrogens is 380 g/mol. The fourth-order valence-corrected chi connectivity index (χ4v) is 4.63. The number of carbonyl (C=O) groups is 1. The highest BCUT2D eigenvalue weighted by Gasteiger charge is 2.27. The van der Waals surface area contributed by atoms with Crippen LogP contribution in [0.3, 0.4) is 0 Å². The van der Waals surface area contributed by atoms with Crippen LogP contribution in [-0.2, 0) is 17.6 Å². The Morgan fingerprint density at radius 1 is 1.23 bits per heavy atom. The molecule has 2 heterocycles. The number of rotatable bonds is 7. The maximum atomic E-state index is 12.8. The number of nitrogens with zero attached hydrogens (tertiary/aromatic N) is 4. The first-order valence-electron chi connectivity index (χ1n) is 10.9. The molecule has 4 rings (SSSR count). The third-order valence-electron chi connectivity index (χ3n) is 6.24. The Labute approximate surface area is 177 Å². The van der Waals surface area contributed by atoms with Crippen molar-refractivity contribution in [2.45, 2.75) is 57.5 Å². The molecule has 1 saturated carbocycles. The SMILES string of the molecule is COc1ccnc(-c2nc3c(c(N(C)CC(=O)C[C@H]4CCCC[C@H]4O)n2)CCC3)c1. The summed E-state index contributed by atoms with van der Waals surface area (Å²) in [6.07, 6.45) is 8.56. The number of aryl methyl sites for hydroxylation is 1. The van der Waals surface area contributed by atoms with Gasteiger partial charge in [-0.15, -0.1) is 0 Å². The highest BCUT2D eigenvalue weighted by molar-refractivity contribution is 5.83. The third kappa shape index (κ3) is 4.46. The standard InChI is InChI=1S/C23H30N4O3/c1-27(14-16(28)12-15-6-3-4-9-21(15)29)23-18-7-5-8-19(18)25-22(26-23)20-13-17(30-2)10-11-24-20/h10-11,13,15,21,29H,3-9,12,14H2,1-2H3/t15-,21-/m1/s1. The van der Waals surface area contributed by atoms with E-state index in [9.17, 15) is 9.90 Å². The molecule has 0 aromatic carbocycles. The molecule has 160 valence electrons. The summed E-state index contributed by atoms with van der Waals surface area (Å²) in [4.78, 5) is 28.7. The highest BCUT2D eigenvalue weighted by Crippen LogP contribution is 2.32. The molecule has 0 bridgehead atoms. The van der Waals surface area contributed by atoms with Gasteiger partial charge in [0.15, 0.2) is 11.6 Å². The second-order valence-electron chi connectivity index (χ2n) is 8.44. The summed E-state index contributed by atoms with van der Waals surface area (Å²) >= 11 is 0. The van der Waals surface area contributed by atoms with Crippen molar-refractivity contribution in [3.8, 4) is 17.3 Å². The number of carbonyl (C=O) groups excluding carboxylic acids is 1. The molecule has 0 spiro atoms. The van der Waals surface area contributed by atoms with E-state index in [1.807, 2.05) is 18.0 Å². The monoisotopic (exact) mass is 410 g/mol. The lowest BCUT2D eigenvalue weighted by molar-refractivity contribution is -0.120. The Morgan fingerprint density at radius 3 is 2.87 bits per heavy atom. The number of hydrogen-bond donors (Lipinski definition) is 1. The van der Waals surface area contributed by atoms with E-state index in [0.717, 1.165) is 62.0 Å². The first kappa shape index (κ1) is 20.7. The summed E-state index contributed by atoms with van der Waals surface area (Å²) in [7, 11) is 3.54. The summed E-state index contributed by atoms with van der Waals surface area (Å²) in [5.41, 5.74) is 2.84. The van der Waals surface area contributed by atoms with E-state index in [1.165, 1.54) is 0 Å². The largest absolute Gasteiger partial charge is 0.497 e. The molecule has 2 aromatic heterocycles. The van der Waals surface area contributed by atoms with Crippen LogP contribution < -0.4 is 9.64 Å². The van der Waals surface area contributed by atoms with Gasteiger partial charge >= 0.3 is 0 Å². The highest BCUT2D eigenvalue weighted by atomic mass is 16.5. The Kier molecular flexibility index (Phi) is 6.27. The summed E-state index contributed by atoms with van der Waals surface area (Å²) in [6.45, 7) is 0.289. The molecule has 30 heavy (non-hydrogen) atoms. The van der Waals surface area contributed by atoms with Gasteiger partial charge in [0.1, 0.15) is 17.3 Å². The minimum Gasteiger partial charge on any atom is -0.497 e. The van der Waals surface area contributed by atoms with E-state index in [2.05, 4.69) is 4.98 Å². The fraction of sp³-hybridized carbons (Fsp3) is 0.565. The van der Waals surface area contributed by atoms with Crippen molar-refractivity contribution in [1.82, 2.24) is 15.0 Å². The number of Topliss-reactive ketones (excluding diaryl/α,β-unsaturated/α-hetero) is 1. The van der Waals surface area contributed by atoms with Crippen molar-refractivity contribution in [3.63, 3.8) is 0 Å². The summed E-state index contributed by atoms with van der Waals surface area (Å²) in [5, 5.41) is 10.2. The molecule has 0 unspecified atom stereocenters. The average Bonchev–Trinajstić information content (AvgIpc) is 3.23. The van der Waals surface area contributed by atoms with Gasteiger partial charge in [0.2, 0.25) is 0 Å². The van der Waals surface area contributed by atoms with Crippen LogP contribution in [0.25, 0.3) is 11.5 Å². The number of ketones is 1. The maximum absolute atomic E-state index is 12.8. The molecule has 1 N–H and O–H groups in total. The molecule has 2 aliphatic rings. The predicted octanol–water partition coefficient (Wildman–Crippen LogP) is 2.98. The quantitative estimate of drug-likeness (QED) is 0.751. The molecule has 7 nitrogen and oxygen atoms in total. The van der Waals surface area contributed by atoms with Crippen molar-refractivity contribution in [2.75, 3.05) is 25.6 Å². The third-order valence-corrected chi connectivity index (χ3v) is 6.24. The van der Waals surface area contributed by atoms with Crippen LogP contribution in [0.4, 0.5) is 5.82 Å². The Balaban J connectivity index is 1.55. The van der Waals surface area contributed by atoms with Crippen molar-refractivity contribution in [3.05, 3.63) is 29.6 Å². The van der Waals surface area contributed by atoms with Gasteiger partial charge < -0.3 is 14.7 Å². The topological polar surface area (TPSA) is 88.4 Å². The zero-order chi connectivity index (χ0) is 21.1. The molecule has 0 aliphatic heterocycles. The summed E-state index contributed by atoms with van der Waals surface area (Å²) < 4.78 is 5.31. The smallest absolute Gasteiger partial charge is 0.180 e. The van der Waals surface area contributed by atoms with Gasteiger partial charge in [-0.1, -0.05) is 12.8 Å². The van der Waals surface area contributed by atoms with Crippen LogP contribution in [0.2, 0.25) is 0 Å². The van der Waals surface area contributed by atoms with Crippen LogP contribution in [0.15, 0.2) is 18.3 Å². The van der Waals surface area contributed by atoms with E-state index < -0.39 is 0 Å². The van der Waals surface area contributed by atoms with Crippen LogP contribution in [0, 0.1) is 5.92 Å². The number of aromatic nitrogens is 3. The number of ether oxygens (including phenoxy) is 1. The zero-order valence-corrected chi connectivity index (χ0v) is 17.8. The summed E-state index contributed by atoms with van der Waals surface area (Å²) in [5.74, 6) is 2.32. The molecule has 2 aromatic rings. The van der Waals surface area contributed by atoms with Crippen molar-refractivity contribution < 1.29 is 14.6 Å². The first-order chi connectivity index (χ1) is 14.5. The van der Waals surface area contributed by atoms with Gasteiger partial charge in [-0.05, 0) is 44.1 Å². The van der Waals surface area contributed by atoms with E-state index in [4.69, 9.17) is 14.7 Å². The number of anilines is 1. The second-order valence-corrected chi connectivity index (χ2v) is 8.44. The minimum absolute atomic E-state index is 0.0901. The molecule has 0 radical (unpaired) electrons. The lowest BCUT2D eigenvalue weighted by Crippen LogP contribution is -2.32. The molecule has 0 amide bonds. The molecule has 7 heteroatoms. The molecule has 1 fully saturated rings. The number of aliphatic hydroxyl groups excluding tert-OH is 1. The normalized spacial score (nSPS) is 20.6. The van der Waals surface area contributed by atoms with Gasteiger partial charge in [0.25, 0.3) is 0 Å². The lowest BCUT2D eigenvalue weighted by atomic mass is 9.83. The molecule has 0 saturated heterocycles.